The van der Waals surface area contributed by atoms with Gasteiger partial charge < -0.3 is 20.1 Å². The molecule has 36 heavy (non-hydrogen) atoms. The molecule has 0 unspecified atom stereocenters. The van der Waals surface area contributed by atoms with Crippen molar-refractivity contribution in [3.05, 3.63) is 84.4 Å². The van der Waals surface area contributed by atoms with Gasteiger partial charge in [0.25, 0.3) is 0 Å². The normalized spacial score (nSPS) is 10.5. The molecule has 0 fully saturated rings. The number of carboxylic acid groups (broad SMARTS) is 1. The Morgan fingerprint density at radius 1 is 1.00 bits per heavy atom. The average Bonchev–Trinajstić information content (AvgIpc) is 3.40. The van der Waals surface area contributed by atoms with Gasteiger partial charge in [0.1, 0.15) is 17.4 Å². The second-order valence-electron chi connectivity index (χ2n) is 7.67. The highest BCUT2D eigenvalue weighted by atomic mass is 19.1. The van der Waals surface area contributed by atoms with Gasteiger partial charge in [-0.1, -0.05) is 36.4 Å². The monoisotopic (exact) mass is 488 g/mol. The molecule has 4 aromatic rings. The lowest BCUT2D eigenvalue weighted by molar-refractivity contribution is -0.115. The van der Waals surface area contributed by atoms with Crippen molar-refractivity contribution in [2.75, 3.05) is 17.7 Å². The lowest BCUT2D eigenvalue weighted by Gasteiger charge is -2.17. The SMILES string of the molecule is COc1cc(NC(=O)O)c(NC(=O)CC(=O)c2cccc(-c3ncc[nH]3)c2)cc1-c1ccccc1F. The molecule has 1 aromatic heterocycles. The van der Waals surface area contributed by atoms with Crippen LogP contribution >= 0.6 is 0 Å². The summed E-state index contributed by atoms with van der Waals surface area (Å²) in [5.41, 5.74) is 1.52. The van der Waals surface area contributed by atoms with Crippen LogP contribution in [0.1, 0.15) is 16.8 Å². The summed E-state index contributed by atoms with van der Waals surface area (Å²) in [7, 11) is 1.36. The van der Waals surface area contributed by atoms with Crippen molar-refractivity contribution in [1.82, 2.24) is 9.97 Å². The van der Waals surface area contributed by atoms with E-state index in [0.29, 0.717) is 22.5 Å². The van der Waals surface area contributed by atoms with Crippen molar-refractivity contribution in [3.63, 3.8) is 0 Å². The number of benzene rings is 3. The van der Waals surface area contributed by atoms with E-state index in [-0.39, 0.29) is 22.7 Å². The van der Waals surface area contributed by atoms with E-state index < -0.39 is 30.0 Å². The number of methoxy groups -OCH3 is 1. The molecule has 0 aliphatic rings. The van der Waals surface area contributed by atoms with E-state index in [1.807, 2.05) is 0 Å². The molecule has 1 heterocycles. The predicted octanol–water partition coefficient (Wildman–Crippen LogP) is 5.19. The molecule has 0 aliphatic heterocycles. The Labute approximate surface area is 205 Å². The number of ether oxygens (including phenoxy) is 1. The number of aromatic amines is 1. The summed E-state index contributed by atoms with van der Waals surface area (Å²) in [6.45, 7) is 0. The van der Waals surface area contributed by atoms with Crippen LogP contribution in [0.25, 0.3) is 22.5 Å². The molecule has 0 atom stereocenters. The molecule has 10 heteroatoms. The summed E-state index contributed by atoms with van der Waals surface area (Å²) in [5, 5.41) is 14.0. The number of hydrogen-bond donors (Lipinski definition) is 4. The van der Waals surface area contributed by atoms with Gasteiger partial charge in [0.2, 0.25) is 5.91 Å². The maximum Gasteiger partial charge on any atom is 0.409 e. The van der Waals surface area contributed by atoms with Crippen LogP contribution in [-0.4, -0.2) is 40.0 Å². The second kappa shape index (κ2) is 10.5. The predicted molar refractivity (Wildman–Crippen MR) is 132 cm³/mol. The number of amides is 2. The van der Waals surface area contributed by atoms with Crippen LogP contribution in [-0.2, 0) is 4.79 Å². The number of ketones is 1. The summed E-state index contributed by atoms with van der Waals surface area (Å²) in [6.07, 6.45) is 1.36. The fraction of sp³-hybridized carbons (Fsp3) is 0.0769. The molecule has 2 amide bonds. The van der Waals surface area contributed by atoms with Crippen LogP contribution in [0.4, 0.5) is 20.6 Å². The molecule has 0 saturated carbocycles. The van der Waals surface area contributed by atoms with Gasteiger partial charge in [0.15, 0.2) is 5.78 Å². The fourth-order valence-corrected chi connectivity index (χ4v) is 3.67. The molecule has 0 saturated heterocycles. The second-order valence-corrected chi connectivity index (χ2v) is 7.67. The number of halogens is 1. The first-order valence-corrected chi connectivity index (χ1v) is 10.8. The first-order chi connectivity index (χ1) is 17.4. The van der Waals surface area contributed by atoms with Crippen molar-refractivity contribution in [2.24, 2.45) is 0 Å². The van der Waals surface area contributed by atoms with Crippen molar-refractivity contribution in [2.45, 2.75) is 6.42 Å². The highest BCUT2D eigenvalue weighted by Crippen LogP contribution is 2.39. The zero-order valence-corrected chi connectivity index (χ0v) is 19.0. The molecule has 0 radical (unpaired) electrons. The molecule has 0 spiro atoms. The number of Topliss-reactive ketones (excluding diaryl/α,β-unsaturated/α-hetero) is 1. The Balaban J connectivity index is 1.61. The number of H-pyrrole nitrogens is 1. The first kappa shape index (κ1) is 24.1. The number of aromatic nitrogens is 2. The summed E-state index contributed by atoms with van der Waals surface area (Å²) in [4.78, 5) is 44.0. The fourth-order valence-electron chi connectivity index (χ4n) is 3.67. The van der Waals surface area contributed by atoms with Gasteiger partial charge in [-0.15, -0.1) is 0 Å². The van der Waals surface area contributed by atoms with E-state index in [9.17, 15) is 23.9 Å². The Bertz CT molecular complexity index is 1440. The Morgan fingerprint density at radius 2 is 1.78 bits per heavy atom. The van der Waals surface area contributed by atoms with Crippen molar-refractivity contribution in [3.8, 4) is 28.3 Å². The summed E-state index contributed by atoms with van der Waals surface area (Å²) in [6, 6.07) is 15.4. The number of imidazole rings is 1. The number of anilines is 2. The third kappa shape index (κ3) is 5.39. The number of nitrogens with zero attached hydrogens (tertiary/aromatic N) is 1. The molecule has 182 valence electrons. The van der Waals surface area contributed by atoms with Crippen molar-refractivity contribution >= 4 is 29.2 Å². The molecule has 9 nitrogen and oxygen atoms in total. The standard InChI is InChI=1S/C26H21FN4O5/c1-36-23-13-21(31-26(34)35)20(12-18(23)17-7-2-3-8-19(17)27)30-24(33)14-22(32)15-5-4-6-16(11-15)25-28-9-10-29-25/h2-13,31H,14H2,1H3,(H,28,29)(H,30,33)(H,34,35). The zero-order chi connectivity index (χ0) is 25.7. The third-order valence-electron chi connectivity index (χ3n) is 5.30. The van der Waals surface area contributed by atoms with Gasteiger partial charge in [-0.05, 0) is 18.2 Å². The lowest BCUT2D eigenvalue weighted by atomic mass is 10.0. The van der Waals surface area contributed by atoms with Crippen LogP contribution in [0.3, 0.4) is 0 Å². The van der Waals surface area contributed by atoms with Crippen LogP contribution in [0.2, 0.25) is 0 Å². The van der Waals surface area contributed by atoms with E-state index in [0.717, 1.165) is 0 Å². The molecule has 4 N–H and O–H groups in total. The quantitative estimate of drug-likeness (QED) is 0.199. The Morgan fingerprint density at radius 3 is 2.47 bits per heavy atom. The van der Waals surface area contributed by atoms with Crippen LogP contribution in [0.15, 0.2) is 73.1 Å². The van der Waals surface area contributed by atoms with E-state index >= 15 is 0 Å². The number of hydrogen-bond acceptors (Lipinski definition) is 5. The molecular weight excluding hydrogens is 467 g/mol. The number of carbonyl (C=O) groups is 3. The molecule has 0 bridgehead atoms. The van der Waals surface area contributed by atoms with Crippen LogP contribution < -0.4 is 15.4 Å². The van der Waals surface area contributed by atoms with Gasteiger partial charge in [0, 0.05) is 40.7 Å². The maximum absolute atomic E-state index is 14.5. The Hall–Kier alpha value is -4.99. The van der Waals surface area contributed by atoms with E-state index in [4.69, 9.17) is 4.74 Å². The lowest BCUT2D eigenvalue weighted by Crippen LogP contribution is -2.19. The van der Waals surface area contributed by atoms with Gasteiger partial charge in [-0.2, -0.15) is 0 Å². The third-order valence-corrected chi connectivity index (χ3v) is 5.30. The smallest absolute Gasteiger partial charge is 0.409 e. The van der Waals surface area contributed by atoms with Gasteiger partial charge in [0.05, 0.1) is 24.9 Å². The van der Waals surface area contributed by atoms with E-state index in [1.54, 1.807) is 42.7 Å². The molecular formula is C26H21FN4O5. The summed E-state index contributed by atoms with van der Waals surface area (Å²) >= 11 is 0. The van der Waals surface area contributed by atoms with Gasteiger partial charge in [-0.3, -0.25) is 14.9 Å². The summed E-state index contributed by atoms with van der Waals surface area (Å²) < 4.78 is 19.8. The van der Waals surface area contributed by atoms with Crippen molar-refractivity contribution in [1.29, 1.82) is 0 Å². The topological polar surface area (TPSA) is 133 Å². The molecule has 0 aliphatic carbocycles. The van der Waals surface area contributed by atoms with Crippen LogP contribution in [0.5, 0.6) is 5.75 Å². The Kier molecular flexibility index (Phi) is 7.05. The molecule has 3 aromatic carbocycles. The number of carbonyl (C=O) groups excluding carboxylic acids is 2. The zero-order valence-electron chi connectivity index (χ0n) is 19.0. The minimum atomic E-state index is -1.38. The average molecular weight is 488 g/mol. The minimum absolute atomic E-state index is 0.0000509. The van der Waals surface area contributed by atoms with Crippen LogP contribution in [0, 0.1) is 5.82 Å². The molecule has 4 rings (SSSR count). The van der Waals surface area contributed by atoms with E-state index in [2.05, 4.69) is 20.6 Å². The largest absolute Gasteiger partial charge is 0.496 e. The minimum Gasteiger partial charge on any atom is -0.496 e. The van der Waals surface area contributed by atoms with Gasteiger partial charge >= 0.3 is 6.09 Å². The van der Waals surface area contributed by atoms with Crippen molar-refractivity contribution < 1.29 is 28.6 Å². The number of rotatable bonds is 8. The highest BCUT2D eigenvalue weighted by Gasteiger charge is 2.19. The highest BCUT2D eigenvalue weighted by molar-refractivity contribution is 6.12. The summed E-state index contributed by atoms with van der Waals surface area (Å²) in [5.74, 6) is -0.887. The first-order valence-electron chi connectivity index (χ1n) is 10.8. The maximum atomic E-state index is 14.5. The van der Waals surface area contributed by atoms with E-state index in [1.165, 1.54) is 37.4 Å². The number of nitrogens with one attached hydrogen (secondary N) is 3. The van der Waals surface area contributed by atoms with Gasteiger partial charge in [-0.25, -0.2) is 14.2 Å².